The van der Waals surface area contributed by atoms with Gasteiger partial charge in [0.05, 0.1) is 18.1 Å². The molecule has 0 saturated heterocycles. The first-order valence-corrected chi connectivity index (χ1v) is 6.05. The summed E-state index contributed by atoms with van der Waals surface area (Å²) >= 11 is 0. The Balaban J connectivity index is 2.41. The monoisotopic (exact) mass is 287 g/mol. The SMILES string of the molecule is COc1ccc(N=Nc2cc(C)ccc2O)c([N+](=O)[O-])c1. The number of phenols is 1. The average molecular weight is 287 g/mol. The van der Waals surface area contributed by atoms with Crippen LogP contribution in [0.3, 0.4) is 0 Å². The smallest absolute Gasteiger partial charge is 0.300 e. The van der Waals surface area contributed by atoms with E-state index < -0.39 is 4.92 Å². The van der Waals surface area contributed by atoms with Gasteiger partial charge in [0.25, 0.3) is 5.69 Å². The van der Waals surface area contributed by atoms with E-state index in [-0.39, 0.29) is 22.8 Å². The van der Waals surface area contributed by atoms with Gasteiger partial charge in [-0.2, -0.15) is 0 Å². The second kappa shape index (κ2) is 6.00. The summed E-state index contributed by atoms with van der Waals surface area (Å²) in [6.07, 6.45) is 0. The van der Waals surface area contributed by atoms with Crippen molar-refractivity contribution in [3.8, 4) is 11.5 Å². The van der Waals surface area contributed by atoms with Crippen molar-refractivity contribution >= 4 is 17.1 Å². The van der Waals surface area contributed by atoms with Crippen LogP contribution >= 0.6 is 0 Å². The van der Waals surface area contributed by atoms with E-state index in [1.165, 1.54) is 25.3 Å². The van der Waals surface area contributed by atoms with E-state index in [2.05, 4.69) is 10.2 Å². The molecule has 0 aliphatic heterocycles. The zero-order valence-electron chi connectivity index (χ0n) is 11.5. The molecule has 2 aromatic rings. The molecule has 0 fully saturated rings. The summed E-state index contributed by atoms with van der Waals surface area (Å²) in [4.78, 5) is 10.5. The van der Waals surface area contributed by atoms with Gasteiger partial charge in [-0.3, -0.25) is 10.1 Å². The number of azo groups is 1. The molecule has 7 nitrogen and oxygen atoms in total. The van der Waals surface area contributed by atoms with Gasteiger partial charge < -0.3 is 9.84 Å². The number of ether oxygens (including phenoxy) is 1. The van der Waals surface area contributed by atoms with Gasteiger partial charge in [0, 0.05) is 0 Å². The lowest BCUT2D eigenvalue weighted by Gasteiger charge is -2.02. The van der Waals surface area contributed by atoms with Gasteiger partial charge in [0.15, 0.2) is 5.69 Å². The van der Waals surface area contributed by atoms with Crippen LogP contribution in [0.25, 0.3) is 0 Å². The molecule has 0 aliphatic rings. The zero-order chi connectivity index (χ0) is 15.4. The van der Waals surface area contributed by atoms with Crippen molar-refractivity contribution in [2.24, 2.45) is 10.2 Å². The maximum absolute atomic E-state index is 11.0. The minimum atomic E-state index is -0.563. The summed E-state index contributed by atoms with van der Waals surface area (Å²) in [7, 11) is 1.42. The number of rotatable bonds is 4. The molecule has 0 saturated carbocycles. The van der Waals surface area contributed by atoms with Crippen molar-refractivity contribution in [2.45, 2.75) is 6.92 Å². The molecule has 21 heavy (non-hydrogen) atoms. The van der Waals surface area contributed by atoms with E-state index in [0.717, 1.165) is 5.56 Å². The van der Waals surface area contributed by atoms with Crippen LogP contribution in [0.15, 0.2) is 46.6 Å². The first kappa shape index (κ1) is 14.4. The van der Waals surface area contributed by atoms with E-state index in [1.807, 2.05) is 6.92 Å². The first-order valence-electron chi connectivity index (χ1n) is 6.05. The maximum Gasteiger partial charge on any atom is 0.300 e. The lowest BCUT2D eigenvalue weighted by Crippen LogP contribution is -1.90. The molecule has 1 N–H and O–H groups in total. The van der Waals surface area contributed by atoms with Crippen molar-refractivity contribution < 1.29 is 14.8 Å². The van der Waals surface area contributed by atoms with Crippen LogP contribution in [0.1, 0.15) is 5.56 Å². The summed E-state index contributed by atoms with van der Waals surface area (Å²) in [5.41, 5.74) is 1.01. The highest BCUT2D eigenvalue weighted by molar-refractivity contribution is 5.60. The number of benzene rings is 2. The average Bonchev–Trinajstić information content (AvgIpc) is 2.48. The minimum absolute atomic E-state index is 0.0412. The number of nitro groups is 1. The number of nitro benzene ring substituents is 1. The molecular formula is C14H13N3O4. The maximum atomic E-state index is 11.0. The molecule has 0 heterocycles. The normalized spacial score (nSPS) is 10.8. The number of aromatic hydroxyl groups is 1. The fourth-order valence-corrected chi connectivity index (χ4v) is 1.68. The fourth-order valence-electron chi connectivity index (χ4n) is 1.68. The van der Waals surface area contributed by atoms with E-state index in [1.54, 1.807) is 18.2 Å². The summed E-state index contributed by atoms with van der Waals surface area (Å²) < 4.78 is 4.94. The molecule has 0 bridgehead atoms. The molecule has 2 aromatic carbocycles. The Kier molecular flexibility index (Phi) is 4.13. The van der Waals surface area contributed by atoms with Gasteiger partial charge in [0.1, 0.15) is 17.2 Å². The summed E-state index contributed by atoms with van der Waals surface area (Å²) in [6.45, 7) is 1.84. The highest BCUT2D eigenvalue weighted by Gasteiger charge is 2.15. The third-order valence-electron chi connectivity index (χ3n) is 2.78. The largest absolute Gasteiger partial charge is 0.506 e. The summed E-state index contributed by atoms with van der Waals surface area (Å²) in [5.74, 6) is 0.319. The standard InChI is InChI=1S/C14H13N3O4/c1-9-3-6-14(18)12(7-9)16-15-11-5-4-10(21-2)8-13(11)17(19)20/h3-8,18H,1-2H3. The Bertz CT molecular complexity index is 713. The van der Waals surface area contributed by atoms with Gasteiger partial charge in [-0.05, 0) is 36.8 Å². The number of nitrogens with zero attached hydrogens (tertiary/aromatic N) is 3. The summed E-state index contributed by atoms with van der Waals surface area (Å²) in [5, 5.41) is 28.4. The van der Waals surface area contributed by atoms with Crippen molar-refractivity contribution in [2.75, 3.05) is 7.11 Å². The number of hydrogen-bond donors (Lipinski definition) is 1. The molecule has 0 aliphatic carbocycles. The quantitative estimate of drug-likeness (QED) is 0.521. The Morgan fingerprint density at radius 2 is 1.86 bits per heavy atom. The van der Waals surface area contributed by atoms with Crippen LogP contribution in [0, 0.1) is 17.0 Å². The fraction of sp³-hybridized carbons (Fsp3) is 0.143. The van der Waals surface area contributed by atoms with Crippen molar-refractivity contribution in [1.82, 2.24) is 0 Å². The van der Waals surface area contributed by atoms with Crippen LogP contribution in [0.2, 0.25) is 0 Å². The van der Waals surface area contributed by atoms with Crippen LogP contribution in [-0.4, -0.2) is 17.1 Å². The van der Waals surface area contributed by atoms with Gasteiger partial charge >= 0.3 is 0 Å². The third kappa shape index (κ3) is 3.33. The van der Waals surface area contributed by atoms with Gasteiger partial charge in [-0.1, -0.05) is 6.07 Å². The number of aryl methyl sites for hydroxylation is 1. The molecule has 0 spiro atoms. The van der Waals surface area contributed by atoms with Crippen LogP contribution in [-0.2, 0) is 0 Å². The lowest BCUT2D eigenvalue weighted by molar-refractivity contribution is -0.384. The van der Waals surface area contributed by atoms with Crippen molar-refractivity contribution in [3.05, 3.63) is 52.1 Å². The van der Waals surface area contributed by atoms with Crippen molar-refractivity contribution in [3.63, 3.8) is 0 Å². The highest BCUT2D eigenvalue weighted by Crippen LogP contribution is 2.34. The van der Waals surface area contributed by atoms with Gasteiger partial charge in [-0.25, -0.2) is 0 Å². The summed E-state index contributed by atoms with van der Waals surface area (Å²) in [6, 6.07) is 9.11. The predicted octanol–water partition coefficient (Wildman–Crippen LogP) is 4.03. The zero-order valence-corrected chi connectivity index (χ0v) is 11.5. The molecule has 0 radical (unpaired) electrons. The Morgan fingerprint density at radius 1 is 1.14 bits per heavy atom. The van der Waals surface area contributed by atoms with Crippen LogP contribution in [0.4, 0.5) is 17.1 Å². The molecule has 7 heteroatoms. The molecule has 0 unspecified atom stereocenters. The van der Waals surface area contributed by atoms with Crippen LogP contribution < -0.4 is 4.74 Å². The van der Waals surface area contributed by atoms with E-state index in [9.17, 15) is 15.2 Å². The molecule has 0 aromatic heterocycles. The van der Waals surface area contributed by atoms with Gasteiger partial charge in [-0.15, -0.1) is 10.2 Å². The number of phenolic OH excluding ortho intramolecular Hbond substituents is 1. The molecule has 0 amide bonds. The van der Waals surface area contributed by atoms with E-state index in [0.29, 0.717) is 5.75 Å². The Labute approximate surface area is 120 Å². The second-order valence-electron chi connectivity index (χ2n) is 4.30. The predicted molar refractivity (Wildman–Crippen MR) is 76.7 cm³/mol. The number of methoxy groups -OCH3 is 1. The van der Waals surface area contributed by atoms with E-state index >= 15 is 0 Å². The topological polar surface area (TPSA) is 97.3 Å². The molecular weight excluding hydrogens is 274 g/mol. The molecule has 2 rings (SSSR count). The third-order valence-corrected chi connectivity index (χ3v) is 2.78. The molecule has 108 valence electrons. The Hall–Kier alpha value is -2.96. The van der Waals surface area contributed by atoms with Gasteiger partial charge in [0.2, 0.25) is 0 Å². The minimum Gasteiger partial charge on any atom is -0.506 e. The lowest BCUT2D eigenvalue weighted by atomic mass is 10.2. The molecule has 0 atom stereocenters. The second-order valence-corrected chi connectivity index (χ2v) is 4.30. The number of hydrogen-bond acceptors (Lipinski definition) is 6. The van der Waals surface area contributed by atoms with E-state index in [4.69, 9.17) is 4.74 Å². The first-order chi connectivity index (χ1) is 10.0. The highest BCUT2D eigenvalue weighted by atomic mass is 16.6. The Morgan fingerprint density at radius 3 is 2.52 bits per heavy atom. The van der Waals surface area contributed by atoms with Crippen LogP contribution in [0.5, 0.6) is 11.5 Å². The van der Waals surface area contributed by atoms with Crippen molar-refractivity contribution in [1.29, 1.82) is 0 Å².